The Morgan fingerprint density at radius 3 is 2.53 bits per heavy atom. The smallest absolute Gasteiger partial charge is 0.330 e. The van der Waals surface area contributed by atoms with Gasteiger partial charge in [0.15, 0.2) is 0 Å². The first-order valence-corrected chi connectivity index (χ1v) is 5.38. The Bertz CT molecular complexity index is 226. The van der Waals surface area contributed by atoms with Crippen molar-refractivity contribution in [2.24, 2.45) is 0 Å². The van der Waals surface area contributed by atoms with Gasteiger partial charge in [-0.1, -0.05) is 5.57 Å². The van der Waals surface area contributed by atoms with E-state index < -0.39 is 5.67 Å². The van der Waals surface area contributed by atoms with Gasteiger partial charge in [-0.25, -0.2) is 9.18 Å². The second kappa shape index (κ2) is 6.59. The molecule has 0 amide bonds. The first-order valence-electron chi connectivity index (χ1n) is 5.38. The SMILES string of the molecule is CCOC(=O)/C=C(\C)CCCC(C)(C)F. The summed E-state index contributed by atoms with van der Waals surface area (Å²) < 4.78 is 17.9. The Hall–Kier alpha value is -0.860. The lowest BCUT2D eigenvalue weighted by molar-refractivity contribution is -0.137. The molecule has 0 heterocycles. The second-order valence-corrected chi connectivity index (χ2v) is 4.31. The third-order valence-corrected chi connectivity index (χ3v) is 1.99. The van der Waals surface area contributed by atoms with E-state index in [1.165, 1.54) is 6.08 Å². The number of allylic oxidation sites excluding steroid dienone is 1. The minimum absolute atomic E-state index is 0.311. The Morgan fingerprint density at radius 1 is 1.47 bits per heavy atom. The molecular weight excluding hydrogens is 195 g/mol. The largest absolute Gasteiger partial charge is 0.463 e. The van der Waals surface area contributed by atoms with Crippen LogP contribution in [0, 0.1) is 0 Å². The number of hydrogen-bond donors (Lipinski definition) is 0. The summed E-state index contributed by atoms with van der Waals surface area (Å²) in [6.07, 6.45) is 3.49. The molecule has 0 aliphatic rings. The molecule has 0 radical (unpaired) electrons. The van der Waals surface area contributed by atoms with Crippen LogP contribution in [0.5, 0.6) is 0 Å². The van der Waals surface area contributed by atoms with Gasteiger partial charge in [-0.2, -0.15) is 0 Å². The number of halogens is 1. The average Bonchev–Trinajstić information content (AvgIpc) is 2.01. The number of hydrogen-bond acceptors (Lipinski definition) is 2. The summed E-state index contributed by atoms with van der Waals surface area (Å²) >= 11 is 0. The summed E-state index contributed by atoms with van der Waals surface area (Å²) in [5.41, 5.74) is -0.179. The summed E-state index contributed by atoms with van der Waals surface area (Å²) in [6, 6.07) is 0. The monoisotopic (exact) mass is 216 g/mol. The van der Waals surface area contributed by atoms with Gasteiger partial charge in [0.25, 0.3) is 0 Å². The van der Waals surface area contributed by atoms with Crippen LogP contribution < -0.4 is 0 Å². The molecule has 0 bridgehead atoms. The van der Waals surface area contributed by atoms with Crippen molar-refractivity contribution < 1.29 is 13.9 Å². The Balaban J connectivity index is 3.83. The summed E-state index contributed by atoms with van der Waals surface area (Å²) in [6.45, 7) is 7.16. The third kappa shape index (κ3) is 9.44. The van der Waals surface area contributed by atoms with Crippen molar-refractivity contribution in [3.63, 3.8) is 0 Å². The first-order chi connectivity index (χ1) is 6.85. The van der Waals surface area contributed by atoms with Gasteiger partial charge in [0, 0.05) is 6.08 Å². The lowest BCUT2D eigenvalue weighted by Crippen LogP contribution is -2.11. The van der Waals surface area contributed by atoms with E-state index in [9.17, 15) is 9.18 Å². The highest BCUT2D eigenvalue weighted by Gasteiger charge is 2.14. The number of ether oxygens (including phenoxy) is 1. The van der Waals surface area contributed by atoms with Gasteiger partial charge < -0.3 is 4.74 Å². The van der Waals surface area contributed by atoms with Crippen molar-refractivity contribution in [2.45, 2.75) is 52.6 Å². The molecule has 0 aromatic rings. The van der Waals surface area contributed by atoms with Gasteiger partial charge >= 0.3 is 5.97 Å². The number of rotatable bonds is 6. The van der Waals surface area contributed by atoms with E-state index in [2.05, 4.69) is 0 Å². The van der Waals surface area contributed by atoms with E-state index in [-0.39, 0.29) is 5.97 Å². The summed E-state index contributed by atoms with van der Waals surface area (Å²) in [7, 11) is 0. The zero-order valence-electron chi connectivity index (χ0n) is 10.1. The molecule has 0 N–H and O–H groups in total. The molecule has 15 heavy (non-hydrogen) atoms. The molecule has 0 unspecified atom stereocenters. The fourth-order valence-corrected chi connectivity index (χ4v) is 1.24. The van der Waals surface area contributed by atoms with Gasteiger partial charge in [-0.15, -0.1) is 0 Å². The highest BCUT2D eigenvalue weighted by Crippen LogP contribution is 2.19. The van der Waals surface area contributed by atoms with Crippen molar-refractivity contribution in [3.05, 3.63) is 11.6 Å². The fourth-order valence-electron chi connectivity index (χ4n) is 1.24. The predicted octanol–water partition coefficient (Wildman–Crippen LogP) is 3.41. The molecular formula is C12H21FO2. The molecule has 0 aromatic heterocycles. The highest BCUT2D eigenvalue weighted by molar-refractivity contribution is 5.82. The second-order valence-electron chi connectivity index (χ2n) is 4.31. The van der Waals surface area contributed by atoms with E-state index in [4.69, 9.17) is 4.74 Å². The van der Waals surface area contributed by atoms with E-state index in [1.54, 1.807) is 20.8 Å². The van der Waals surface area contributed by atoms with E-state index in [0.29, 0.717) is 13.0 Å². The maximum absolute atomic E-state index is 13.1. The predicted molar refractivity (Wildman–Crippen MR) is 59.4 cm³/mol. The van der Waals surface area contributed by atoms with Gasteiger partial charge in [-0.05, 0) is 47.0 Å². The minimum atomic E-state index is -1.12. The van der Waals surface area contributed by atoms with E-state index in [1.807, 2.05) is 6.92 Å². The molecule has 0 aliphatic heterocycles. The maximum atomic E-state index is 13.1. The zero-order chi connectivity index (χ0) is 11.9. The molecule has 2 nitrogen and oxygen atoms in total. The number of carbonyl (C=O) groups is 1. The molecule has 0 aromatic carbocycles. The fraction of sp³-hybridized carbons (Fsp3) is 0.750. The van der Waals surface area contributed by atoms with Crippen molar-refractivity contribution in [1.82, 2.24) is 0 Å². The van der Waals surface area contributed by atoms with Crippen LogP contribution in [-0.4, -0.2) is 18.2 Å². The van der Waals surface area contributed by atoms with Crippen molar-refractivity contribution in [3.8, 4) is 0 Å². The minimum Gasteiger partial charge on any atom is -0.463 e. The van der Waals surface area contributed by atoms with Gasteiger partial charge in [0.2, 0.25) is 0 Å². The number of esters is 1. The van der Waals surface area contributed by atoms with Crippen LogP contribution in [0.1, 0.15) is 47.0 Å². The van der Waals surface area contributed by atoms with Crippen LogP contribution in [0.25, 0.3) is 0 Å². The maximum Gasteiger partial charge on any atom is 0.330 e. The first kappa shape index (κ1) is 14.1. The molecule has 0 saturated heterocycles. The van der Waals surface area contributed by atoms with Crippen LogP contribution >= 0.6 is 0 Å². The molecule has 0 saturated carbocycles. The summed E-state index contributed by atoms with van der Waals surface area (Å²) in [4.78, 5) is 11.0. The van der Waals surface area contributed by atoms with Crippen LogP contribution in [0.4, 0.5) is 4.39 Å². The highest BCUT2D eigenvalue weighted by atomic mass is 19.1. The quantitative estimate of drug-likeness (QED) is 0.502. The molecule has 0 fully saturated rings. The summed E-state index contributed by atoms with van der Waals surface area (Å²) in [5.74, 6) is -0.311. The van der Waals surface area contributed by atoms with Crippen molar-refractivity contribution in [2.75, 3.05) is 6.61 Å². The Kier molecular flexibility index (Phi) is 6.21. The Morgan fingerprint density at radius 2 is 2.07 bits per heavy atom. The number of alkyl halides is 1. The molecule has 0 rings (SSSR count). The lowest BCUT2D eigenvalue weighted by atomic mass is 10.0. The zero-order valence-corrected chi connectivity index (χ0v) is 10.1. The standard InChI is InChI=1S/C12H21FO2/c1-5-15-11(14)9-10(2)7-6-8-12(3,4)13/h9H,5-8H2,1-4H3/b10-9+. The van der Waals surface area contributed by atoms with Crippen LogP contribution in [-0.2, 0) is 9.53 Å². The van der Waals surface area contributed by atoms with E-state index in [0.717, 1.165) is 18.4 Å². The average molecular weight is 216 g/mol. The van der Waals surface area contributed by atoms with Gasteiger partial charge in [-0.3, -0.25) is 0 Å². The van der Waals surface area contributed by atoms with Gasteiger partial charge in [0.1, 0.15) is 5.67 Å². The van der Waals surface area contributed by atoms with Gasteiger partial charge in [0.05, 0.1) is 6.61 Å². The van der Waals surface area contributed by atoms with E-state index >= 15 is 0 Å². The molecule has 88 valence electrons. The Labute approximate surface area is 91.5 Å². The molecule has 0 spiro atoms. The van der Waals surface area contributed by atoms with Crippen LogP contribution in [0.15, 0.2) is 11.6 Å². The number of carbonyl (C=O) groups excluding carboxylic acids is 1. The van der Waals surface area contributed by atoms with Crippen molar-refractivity contribution >= 4 is 5.97 Å². The molecule has 3 heteroatoms. The molecule has 0 aliphatic carbocycles. The molecule has 0 atom stereocenters. The third-order valence-electron chi connectivity index (χ3n) is 1.99. The van der Waals surface area contributed by atoms with Crippen LogP contribution in [0.3, 0.4) is 0 Å². The van der Waals surface area contributed by atoms with Crippen molar-refractivity contribution in [1.29, 1.82) is 0 Å². The van der Waals surface area contributed by atoms with Crippen LogP contribution in [0.2, 0.25) is 0 Å². The topological polar surface area (TPSA) is 26.3 Å². The summed E-state index contributed by atoms with van der Waals surface area (Å²) in [5, 5.41) is 0. The normalized spacial score (nSPS) is 12.7. The lowest BCUT2D eigenvalue weighted by Gasteiger charge is -2.13.